The number of nitrogens with zero attached hydrogens (tertiary/aromatic N) is 1. The van der Waals surface area contributed by atoms with Gasteiger partial charge in [0, 0.05) is 6.04 Å². The van der Waals surface area contributed by atoms with Crippen LogP contribution in [0.2, 0.25) is 0 Å². The van der Waals surface area contributed by atoms with E-state index in [1.54, 1.807) is 0 Å². The van der Waals surface area contributed by atoms with Gasteiger partial charge in [-0.15, -0.1) is 0 Å². The molecule has 1 aliphatic rings. The van der Waals surface area contributed by atoms with Crippen LogP contribution in [-0.2, 0) is 0 Å². The molecule has 0 aromatic carbocycles. The Hall–Kier alpha value is -0.0800. The van der Waals surface area contributed by atoms with Crippen molar-refractivity contribution in [2.75, 3.05) is 13.6 Å². The summed E-state index contributed by atoms with van der Waals surface area (Å²) >= 11 is 0. The van der Waals surface area contributed by atoms with E-state index in [-0.39, 0.29) is 6.10 Å². The minimum atomic E-state index is -0.0853. The Bertz CT molecular complexity index is 173. The average molecular weight is 213 g/mol. The second-order valence-corrected chi connectivity index (χ2v) is 5.38. The van der Waals surface area contributed by atoms with E-state index in [1.807, 2.05) is 0 Å². The highest BCUT2D eigenvalue weighted by atomic mass is 16.3. The standard InChI is InChI=1S/C13H27NO/c1-5-14(4)12-8-6-11(7-9-12)13(15)10(2)3/h10-13,15H,5-9H2,1-4H3. The first-order valence-electron chi connectivity index (χ1n) is 6.44. The van der Waals surface area contributed by atoms with E-state index >= 15 is 0 Å². The van der Waals surface area contributed by atoms with E-state index in [9.17, 15) is 5.11 Å². The fourth-order valence-electron chi connectivity index (χ4n) is 2.69. The third-order valence-electron chi connectivity index (χ3n) is 4.03. The summed E-state index contributed by atoms with van der Waals surface area (Å²) in [5.74, 6) is 0.960. The summed E-state index contributed by atoms with van der Waals surface area (Å²) in [6.45, 7) is 7.60. The first-order valence-corrected chi connectivity index (χ1v) is 6.44. The topological polar surface area (TPSA) is 23.5 Å². The van der Waals surface area contributed by atoms with Gasteiger partial charge in [-0.25, -0.2) is 0 Å². The molecular weight excluding hydrogens is 186 g/mol. The van der Waals surface area contributed by atoms with Crippen LogP contribution in [0.15, 0.2) is 0 Å². The van der Waals surface area contributed by atoms with Crippen molar-refractivity contribution in [2.24, 2.45) is 11.8 Å². The van der Waals surface area contributed by atoms with Gasteiger partial charge in [0.15, 0.2) is 0 Å². The summed E-state index contributed by atoms with van der Waals surface area (Å²) < 4.78 is 0. The van der Waals surface area contributed by atoms with E-state index in [0.29, 0.717) is 11.8 Å². The molecule has 0 saturated heterocycles. The molecule has 0 radical (unpaired) electrons. The highest BCUT2D eigenvalue weighted by molar-refractivity contribution is 4.82. The molecule has 1 saturated carbocycles. The van der Waals surface area contributed by atoms with Gasteiger partial charge in [0.2, 0.25) is 0 Å². The molecule has 0 bridgehead atoms. The van der Waals surface area contributed by atoms with Gasteiger partial charge in [-0.2, -0.15) is 0 Å². The molecule has 15 heavy (non-hydrogen) atoms. The zero-order valence-corrected chi connectivity index (χ0v) is 10.7. The third-order valence-corrected chi connectivity index (χ3v) is 4.03. The Morgan fingerprint density at radius 1 is 1.20 bits per heavy atom. The zero-order chi connectivity index (χ0) is 11.4. The largest absolute Gasteiger partial charge is 0.393 e. The number of aliphatic hydroxyl groups excluding tert-OH is 1. The van der Waals surface area contributed by atoms with Crippen molar-refractivity contribution in [3.63, 3.8) is 0 Å². The van der Waals surface area contributed by atoms with Gasteiger partial charge in [0.25, 0.3) is 0 Å². The van der Waals surface area contributed by atoms with Crippen LogP contribution in [0, 0.1) is 11.8 Å². The molecule has 1 atom stereocenters. The smallest absolute Gasteiger partial charge is 0.0591 e. The second kappa shape index (κ2) is 5.86. The fraction of sp³-hybridized carbons (Fsp3) is 1.00. The third kappa shape index (κ3) is 3.46. The van der Waals surface area contributed by atoms with Crippen LogP contribution in [-0.4, -0.2) is 35.7 Å². The van der Waals surface area contributed by atoms with E-state index in [4.69, 9.17) is 0 Å². The molecule has 1 rings (SSSR count). The number of hydrogen-bond donors (Lipinski definition) is 1. The minimum absolute atomic E-state index is 0.0853. The minimum Gasteiger partial charge on any atom is -0.393 e. The summed E-state index contributed by atoms with van der Waals surface area (Å²) in [6.07, 6.45) is 4.85. The first-order chi connectivity index (χ1) is 7.06. The van der Waals surface area contributed by atoms with Crippen LogP contribution in [0.25, 0.3) is 0 Å². The van der Waals surface area contributed by atoms with Crippen LogP contribution in [0.4, 0.5) is 0 Å². The van der Waals surface area contributed by atoms with Crippen molar-refractivity contribution >= 4 is 0 Å². The lowest BCUT2D eigenvalue weighted by Gasteiger charge is -2.36. The predicted octanol–water partition coefficient (Wildman–Crippen LogP) is 2.51. The van der Waals surface area contributed by atoms with Gasteiger partial charge >= 0.3 is 0 Å². The maximum Gasteiger partial charge on any atom is 0.0591 e. The van der Waals surface area contributed by atoms with Crippen LogP contribution in [0.5, 0.6) is 0 Å². The molecule has 1 unspecified atom stereocenters. The Labute approximate surface area is 94.7 Å². The van der Waals surface area contributed by atoms with Crippen LogP contribution >= 0.6 is 0 Å². The van der Waals surface area contributed by atoms with Gasteiger partial charge in [-0.1, -0.05) is 20.8 Å². The summed E-state index contributed by atoms with van der Waals surface area (Å²) in [4.78, 5) is 2.44. The summed E-state index contributed by atoms with van der Waals surface area (Å²) in [5, 5.41) is 10.0. The van der Waals surface area contributed by atoms with E-state index in [0.717, 1.165) is 12.6 Å². The quantitative estimate of drug-likeness (QED) is 0.775. The average Bonchev–Trinajstić information content (AvgIpc) is 2.27. The van der Waals surface area contributed by atoms with E-state index in [1.165, 1.54) is 25.7 Å². The molecule has 1 aliphatic carbocycles. The molecule has 90 valence electrons. The molecule has 2 nitrogen and oxygen atoms in total. The van der Waals surface area contributed by atoms with Crippen LogP contribution in [0.3, 0.4) is 0 Å². The lowest BCUT2D eigenvalue weighted by molar-refractivity contribution is 0.0314. The molecule has 0 aromatic heterocycles. The van der Waals surface area contributed by atoms with Crippen molar-refractivity contribution in [3.05, 3.63) is 0 Å². The van der Waals surface area contributed by atoms with Crippen molar-refractivity contribution in [1.29, 1.82) is 0 Å². The summed E-state index contributed by atoms with van der Waals surface area (Å²) in [5.41, 5.74) is 0. The normalized spacial score (nSPS) is 29.8. The van der Waals surface area contributed by atoms with Crippen molar-refractivity contribution in [2.45, 2.75) is 58.6 Å². The fourth-order valence-corrected chi connectivity index (χ4v) is 2.69. The predicted molar refractivity (Wildman–Crippen MR) is 64.9 cm³/mol. The first kappa shape index (κ1) is 13.0. The number of rotatable bonds is 4. The van der Waals surface area contributed by atoms with Gasteiger partial charge in [0.05, 0.1) is 6.10 Å². The molecule has 2 heteroatoms. The Balaban J connectivity index is 2.35. The second-order valence-electron chi connectivity index (χ2n) is 5.38. The molecule has 1 N–H and O–H groups in total. The van der Waals surface area contributed by atoms with Crippen molar-refractivity contribution < 1.29 is 5.11 Å². The van der Waals surface area contributed by atoms with Gasteiger partial charge in [0.1, 0.15) is 0 Å². The van der Waals surface area contributed by atoms with Crippen LogP contribution in [0.1, 0.15) is 46.5 Å². The SMILES string of the molecule is CCN(C)C1CCC(C(O)C(C)C)CC1. The molecule has 0 spiro atoms. The Morgan fingerprint density at radius 3 is 2.13 bits per heavy atom. The maximum atomic E-state index is 10.0. The highest BCUT2D eigenvalue weighted by Gasteiger charge is 2.28. The Kier molecular flexibility index (Phi) is 5.07. The van der Waals surface area contributed by atoms with Gasteiger partial charge in [-0.05, 0) is 51.1 Å². The highest BCUT2D eigenvalue weighted by Crippen LogP contribution is 2.31. The molecule has 0 amide bonds. The monoisotopic (exact) mass is 213 g/mol. The van der Waals surface area contributed by atoms with E-state index < -0.39 is 0 Å². The van der Waals surface area contributed by atoms with Crippen molar-refractivity contribution in [1.82, 2.24) is 4.90 Å². The number of hydrogen-bond acceptors (Lipinski definition) is 2. The van der Waals surface area contributed by atoms with Crippen molar-refractivity contribution in [3.8, 4) is 0 Å². The van der Waals surface area contributed by atoms with E-state index in [2.05, 4.69) is 32.7 Å². The lowest BCUT2D eigenvalue weighted by atomic mass is 9.79. The molecule has 0 heterocycles. The van der Waals surface area contributed by atoms with Crippen LogP contribution < -0.4 is 0 Å². The lowest BCUT2D eigenvalue weighted by Crippen LogP contribution is -2.38. The summed E-state index contributed by atoms with van der Waals surface area (Å²) in [6, 6.07) is 0.755. The van der Waals surface area contributed by atoms with Gasteiger partial charge in [-0.3, -0.25) is 0 Å². The molecule has 1 fully saturated rings. The Morgan fingerprint density at radius 2 is 1.73 bits per heavy atom. The summed E-state index contributed by atoms with van der Waals surface area (Å²) in [7, 11) is 2.21. The van der Waals surface area contributed by atoms with Gasteiger partial charge < -0.3 is 10.0 Å². The zero-order valence-electron chi connectivity index (χ0n) is 10.7. The molecule has 0 aliphatic heterocycles. The molecule has 0 aromatic rings. The maximum absolute atomic E-state index is 10.0. The molecular formula is C13H27NO. The number of aliphatic hydroxyl groups is 1.